The Bertz CT molecular complexity index is 1050. The van der Waals surface area contributed by atoms with Gasteiger partial charge < -0.3 is 40.5 Å². The van der Waals surface area contributed by atoms with Gasteiger partial charge in [0.15, 0.2) is 0 Å². The van der Waals surface area contributed by atoms with Crippen molar-refractivity contribution in [3.8, 4) is 11.5 Å². The van der Waals surface area contributed by atoms with E-state index in [1.165, 1.54) is 0 Å². The van der Waals surface area contributed by atoms with Crippen LogP contribution in [0.5, 0.6) is 11.5 Å². The van der Waals surface area contributed by atoms with E-state index in [0.717, 1.165) is 38.8 Å². The van der Waals surface area contributed by atoms with Gasteiger partial charge in [0.25, 0.3) is 0 Å². The summed E-state index contributed by atoms with van der Waals surface area (Å²) in [5.41, 5.74) is 4.95. The fourth-order valence-corrected chi connectivity index (χ4v) is 6.28. The Morgan fingerprint density at radius 2 is 1.94 bits per heavy atom. The van der Waals surface area contributed by atoms with Gasteiger partial charge in [-0.05, 0) is 61.4 Å². The molecule has 0 bridgehead atoms. The van der Waals surface area contributed by atoms with E-state index < -0.39 is 18.5 Å². The molecule has 36 heavy (non-hydrogen) atoms. The van der Waals surface area contributed by atoms with Crippen LogP contribution in [-0.4, -0.2) is 77.0 Å². The minimum Gasteiger partial charge on any atom is -0.669 e. The molecule has 4 aliphatic rings. The normalized spacial score (nSPS) is 28.8. The van der Waals surface area contributed by atoms with Gasteiger partial charge in [0.1, 0.15) is 17.4 Å². The SMILES string of the molecule is C=C1C[C@@H]2c3ccc(OC4CN(C(=O)C[C@H]5CC[C@@H](NCC[NH3+])CC5)C4)c(C(=O)O)c3O[B-](O)(O)[C@H]12. The Balaban J connectivity index is 1.18. The molecule has 196 valence electrons. The summed E-state index contributed by atoms with van der Waals surface area (Å²) in [4.78, 5) is 26.6. The predicted molar refractivity (Wildman–Crippen MR) is 132 cm³/mol. The van der Waals surface area contributed by atoms with Crippen LogP contribution in [0.1, 0.15) is 60.4 Å². The molecular formula is C25H36BN3O7. The maximum Gasteiger partial charge on any atom is 0.438 e. The smallest absolute Gasteiger partial charge is 0.438 e. The molecule has 1 saturated heterocycles. The number of benzene rings is 1. The molecule has 11 heteroatoms. The van der Waals surface area contributed by atoms with Crippen molar-refractivity contribution in [1.29, 1.82) is 0 Å². The van der Waals surface area contributed by atoms with E-state index in [-0.39, 0.29) is 35.0 Å². The molecule has 0 unspecified atom stereocenters. The lowest BCUT2D eigenvalue weighted by Crippen LogP contribution is -2.57. The Morgan fingerprint density at radius 3 is 2.58 bits per heavy atom. The number of nitrogens with one attached hydrogen (secondary N) is 1. The molecule has 0 radical (unpaired) electrons. The Kier molecular flexibility index (Phi) is 6.75. The van der Waals surface area contributed by atoms with Crippen LogP contribution in [-0.2, 0) is 4.79 Å². The molecule has 0 aromatic heterocycles. The van der Waals surface area contributed by atoms with Gasteiger partial charge in [0.2, 0.25) is 5.91 Å². The maximum absolute atomic E-state index is 12.8. The zero-order valence-electron chi connectivity index (χ0n) is 20.5. The van der Waals surface area contributed by atoms with E-state index >= 15 is 0 Å². The van der Waals surface area contributed by atoms with Crippen LogP contribution in [0, 0.1) is 5.92 Å². The van der Waals surface area contributed by atoms with Crippen LogP contribution in [0.4, 0.5) is 0 Å². The minimum absolute atomic E-state index is 0.0497. The third-order valence-corrected chi connectivity index (χ3v) is 8.32. The number of hydrogen-bond acceptors (Lipinski definition) is 7. The van der Waals surface area contributed by atoms with Crippen LogP contribution < -0.4 is 20.4 Å². The standard InChI is InChI=1S/C25H35BN3O7/c1-14-10-19-18-6-7-20(22(25(31)32)24(18)36-26(33,34)23(14)19)35-17-12-29(13-17)21(30)11-15-2-4-16(5-3-15)28-9-8-27/h6-7,15-17,19,23,28,33-34H,1-5,8-13,27H2,(H,31,32)/q-1/p+1/t15-,16+,19-,23-/m1/s1. The molecule has 2 saturated carbocycles. The lowest BCUT2D eigenvalue weighted by Gasteiger charge is -2.55. The van der Waals surface area contributed by atoms with E-state index in [1.54, 1.807) is 17.0 Å². The topological polar surface area (TPSA) is 156 Å². The second-order valence-electron chi connectivity index (χ2n) is 10.8. The van der Waals surface area contributed by atoms with Gasteiger partial charge in [-0.25, -0.2) is 4.79 Å². The number of ether oxygens (including phenoxy) is 1. The predicted octanol–water partition coefficient (Wildman–Crippen LogP) is 0.484. The Labute approximate surface area is 210 Å². The molecule has 7 N–H and O–H groups in total. The lowest BCUT2D eigenvalue weighted by molar-refractivity contribution is -0.365. The summed E-state index contributed by atoms with van der Waals surface area (Å²) in [6.07, 6.45) is 5.01. The van der Waals surface area contributed by atoms with Gasteiger partial charge >= 0.3 is 12.7 Å². The number of hydrogen-bond donors (Lipinski definition) is 5. The van der Waals surface area contributed by atoms with Gasteiger partial charge in [-0.1, -0.05) is 11.6 Å². The summed E-state index contributed by atoms with van der Waals surface area (Å²) in [5.74, 6) is -1.57. The highest BCUT2D eigenvalue weighted by Gasteiger charge is 2.52. The number of rotatable bonds is 8. The molecule has 5 rings (SSSR count). The largest absolute Gasteiger partial charge is 0.669 e. The molecule has 3 fully saturated rings. The number of carboxylic acid groups (broad SMARTS) is 1. The first-order valence-corrected chi connectivity index (χ1v) is 13.0. The van der Waals surface area contributed by atoms with E-state index in [2.05, 4.69) is 17.6 Å². The first-order valence-electron chi connectivity index (χ1n) is 13.0. The number of nitrogens with zero attached hydrogens (tertiary/aromatic N) is 1. The van der Waals surface area contributed by atoms with Crippen molar-refractivity contribution in [2.45, 2.75) is 62.4 Å². The summed E-state index contributed by atoms with van der Waals surface area (Å²) >= 11 is 0. The van der Waals surface area contributed by atoms with Crippen LogP contribution in [0.2, 0.25) is 5.82 Å². The second-order valence-corrected chi connectivity index (χ2v) is 10.8. The number of amides is 1. The Hall–Kier alpha value is -2.60. The number of aromatic carboxylic acids is 1. The van der Waals surface area contributed by atoms with Crippen molar-refractivity contribution in [3.63, 3.8) is 0 Å². The number of fused-ring (bicyclic) bond motifs is 3. The first-order chi connectivity index (χ1) is 17.2. The molecule has 1 aromatic carbocycles. The Morgan fingerprint density at radius 1 is 1.22 bits per heavy atom. The number of quaternary nitrogens is 1. The van der Waals surface area contributed by atoms with Gasteiger partial charge in [-0.15, -0.1) is 6.58 Å². The quantitative estimate of drug-likeness (QED) is 0.255. The number of carboxylic acids is 1. The number of carbonyl (C=O) groups excluding carboxylic acids is 1. The third-order valence-electron chi connectivity index (χ3n) is 8.32. The van der Waals surface area contributed by atoms with Gasteiger partial charge in [0.05, 0.1) is 25.4 Å². The van der Waals surface area contributed by atoms with Crippen molar-refractivity contribution in [1.82, 2.24) is 10.2 Å². The van der Waals surface area contributed by atoms with E-state index in [4.69, 9.17) is 9.39 Å². The summed E-state index contributed by atoms with van der Waals surface area (Å²) in [6, 6.07) is 3.86. The zero-order chi connectivity index (χ0) is 25.6. The summed E-state index contributed by atoms with van der Waals surface area (Å²) < 4.78 is 11.4. The molecule has 0 spiro atoms. The van der Waals surface area contributed by atoms with Gasteiger partial charge in [-0.2, -0.15) is 0 Å². The molecule has 1 aromatic rings. The van der Waals surface area contributed by atoms with Crippen molar-refractivity contribution in [2.24, 2.45) is 5.92 Å². The second kappa shape index (κ2) is 9.70. The molecule has 2 heterocycles. The molecule has 2 aliphatic carbocycles. The van der Waals surface area contributed by atoms with Crippen molar-refractivity contribution in [3.05, 3.63) is 35.4 Å². The highest BCUT2D eigenvalue weighted by atomic mass is 16.6. The molecule has 2 aliphatic heterocycles. The van der Waals surface area contributed by atoms with E-state index in [9.17, 15) is 24.7 Å². The van der Waals surface area contributed by atoms with Crippen LogP contribution >= 0.6 is 0 Å². The maximum atomic E-state index is 12.8. The highest BCUT2D eigenvalue weighted by Crippen LogP contribution is 2.60. The van der Waals surface area contributed by atoms with Crippen molar-refractivity contribution < 1.29 is 39.9 Å². The van der Waals surface area contributed by atoms with Crippen molar-refractivity contribution >= 4 is 18.6 Å². The van der Waals surface area contributed by atoms with Crippen LogP contribution in [0.15, 0.2) is 24.3 Å². The minimum atomic E-state index is -3.25. The average Bonchev–Trinajstić information content (AvgIpc) is 2.78. The molecular weight excluding hydrogens is 465 g/mol. The van der Waals surface area contributed by atoms with E-state index in [1.807, 2.05) is 0 Å². The van der Waals surface area contributed by atoms with E-state index in [0.29, 0.717) is 49.0 Å². The number of likely N-dealkylation sites (tertiary alicyclic amines) is 1. The first kappa shape index (κ1) is 25.1. The molecule has 1 amide bonds. The number of carbonyl (C=O) groups is 2. The fraction of sp³-hybridized carbons (Fsp3) is 0.600. The summed E-state index contributed by atoms with van der Waals surface area (Å²) in [5, 5.41) is 34.3. The van der Waals surface area contributed by atoms with Crippen LogP contribution in [0.25, 0.3) is 0 Å². The highest BCUT2D eigenvalue weighted by molar-refractivity contribution is 6.62. The van der Waals surface area contributed by atoms with Gasteiger partial charge in [-0.3, -0.25) is 4.79 Å². The number of allylic oxidation sites excluding steroid dienone is 1. The monoisotopic (exact) mass is 501 g/mol. The van der Waals surface area contributed by atoms with Gasteiger partial charge in [0, 0.05) is 19.0 Å². The third kappa shape index (κ3) is 4.60. The van der Waals surface area contributed by atoms with Crippen LogP contribution in [0.3, 0.4) is 0 Å². The summed E-state index contributed by atoms with van der Waals surface area (Å²) in [7, 11) is 0. The average molecular weight is 501 g/mol. The summed E-state index contributed by atoms with van der Waals surface area (Å²) in [6.45, 7) is 3.21. The fourth-order valence-electron chi connectivity index (χ4n) is 6.28. The molecule has 2 atom stereocenters. The zero-order valence-corrected chi connectivity index (χ0v) is 20.5. The lowest BCUT2D eigenvalue weighted by atomic mass is 9.44. The van der Waals surface area contributed by atoms with Crippen molar-refractivity contribution in [2.75, 3.05) is 26.2 Å². The molecule has 10 nitrogen and oxygen atoms in total.